The zero-order valence-electron chi connectivity index (χ0n) is 13.6. The minimum Gasteiger partial charge on any atom is -0.457 e. The predicted molar refractivity (Wildman–Crippen MR) is 97.1 cm³/mol. The predicted octanol–water partition coefficient (Wildman–Crippen LogP) is 4.64. The van der Waals surface area contributed by atoms with Gasteiger partial charge in [0.2, 0.25) is 0 Å². The van der Waals surface area contributed by atoms with E-state index in [1.165, 1.54) is 6.92 Å². The molecule has 0 saturated carbocycles. The fourth-order valence-electron chi connectivity index (χ4n) is 2.88. The molecule has 0 saturated heterocycles. The lowest BCUT2D eigenvalue weighted by Gasteiger charge is -1.99. The van der Waals surface area contributed by atoms with Crippen LogP contribution in [0.25, 0.3) is 23.0 Å². The van der Waals surface area contributed by atoms with E-state index in [4.69, 9.17) is 4.42 Å². The van der Waals surface area contributed by atoms with Crippen molar-refractivity contribution in [2.24, 2.45) is 0 Å². The van der Waals surface area contributed by atoms with Crippen molar-refractivity contribution in [3.05, 3.63) is 77.6 Å². The first kappa shape index (κ1) is 15.1. The quantitative estimate of drug-likeness (QED) is 0.562. The van der Waals surface area contributed by atoms with Crippen molar-refractivity contribution in [2.45, 2.75) is 6.92 Å². The van der Waals surface area contributed by atoms with Crippen LogP contribution in [0.3, 0.4) is 0 Å². The molecule has 0 fully saturated rings. The Balaban J connectivity index is 1.66. The molecule has 25 heavy (non-hydrogen) atoms. The number of para-hydroxylation sites is 1. The van der Waals surface area contributed by atoms with Gasteiger partial charge in [-0.05, 0) is 31.2 Å². The van der Waals surface area contributed by atoms with Crippen molar-refractivity contribution in [1.82, 2.24) is 0 Å². The Labute approximate surface area is 144 Å². The number of furan rings is 1. The molecule has 2 heterocycles. The van der Waals surface area contributed by atoms with E-state index in [1.807, 2.05) is 48.5 Å². The second kappa shape index (κ2) is 5.91. The summed E-state index contributed by atoms with van der Waals surface area (Å²) in [6.07, 6.45) is 1.74. The number of ketones is 1. The molecular weight excluding hydrogens is 314 g/mol. The maximum absolute atomic E-state index is 12.2. The van der Waals surface area contributed by atoms with Crippen LogP contribution in [0.2, 0.25) is 0 Å². The van der Waals surface area contributed by atoms with E-state index in [0.717, 1.165) is 16.8 Å². The van der Waals surface area contributed by atoms with E-state index in [0.29, 0.717) is 22.7 Å². The molecule has 0 bridgehead atoms. The van der Waals surface area contributed by atoms with Crippen molar-refractivity contribution < 1.29 is 14.0 Å². The third kappa shape index (κ3) is 2.78. The zero-order chi connectivity index (χ0) is 17.4. The average Bonchev–Trinajstić information content (AvgIpc) is 3.20. The molecule has 122 valence electrons. The fourth-order valence-corrected chi connectivity index (χ4v) is 2.88. The first-order chi connectivity index (χ1) is 12.1. The van der Waals surface area contributed by atoms with Gasteiger partial charge < -0.3 is 9.73 Å². The summed E-state index contributed by atoms with van der Waals surface area (Å²) in [6.45, 7) is 1.54. The second-order valence-corrected chi connectivity index (χ2v) is 5.89. The van der Waals surface area contributed by atoms with Crippen LogP contribution in [0.15, 0.2) is 65.1 Å². The first-order valence-electron chi connectivity index (χ1n) is 7.95. The zero-order valence-corrected chi connectivity index (χ0v) is 13.6. The number of amides is 1. The van der Waals surface area contributed by atoms with Crippen LogP contribution in [-0.4, -0.2) is 11.7 Å². The number of fused-ring (bicyclic) bond motifs is 1. The smallest absolute Gasteiger partial charge is 0.256 e. The lowest BCUT2D eigenvalue weighted by Crippen LogP contribution is -2.03. The number of hydrogen-bond acceptors (Lipinski definition) is 3. The van der Waals surface area contributed by atoms with E-state index in [-0.39, 0.29) is 11.7 Å². The summed E-state index contributed by atoms with van der Waals surface area (Å²) in [6, 6.07) is 18.5. The van der Waals surface area contributed by atoms with Gasteiger partial charge in [-0.3, -0.25) is 9.59 Å². The number of anilines is 1. The van der Waals surface area contributed by atoms with Gasteiger partial charge in [-0.15, -0.1) is 0 Å². The fraction of sp³-hybridized carbons (Fsp3) is 0.0476. The second-order valence-electron chi connectivity index (χ2n) is 5.89. The number of carbonyl (C=O) groups is 2. The van der Waals surface area contributed by atoms with Crippen LogP contribution in [0.4, 0.5) is 5.69 Å². The number of nitrogens with one attached hydrogen (secondary N) is 1. The van der Waals surface area contributed by atoms with Gasteiger partial charge in [0.05, 0.1) is 5.57 Å². The molecule has 0 unspecified atom stereocenters. The van der Waals surface area contributed by atoms with Crippen LogP contribution >= 0.6 is 0 Å². The van der Waals surface area contributed by atoms with Crippen molar-refractivity contribution in [2.75, 3.05) is 5.32 Å². The number of rotatable bonds is 3. The number of carbonyl (C=O) groups excluding carboxylic acids is 2. The number of benzene rings is 2. The molecule has 1 amide bonds. The highest BCUT2D eigenvalue weighted by Gasteiger charge is 2.23. The van der Waals surface area contributed by atoms with Crippen LogP contribution in [0.1, 0.15) is 28.6 Å². The van der Waals surface area contributed by atoms with Gasteiger partial charge in [0, 0.05) is 22.4 Å². The van der Waals surface area contributed by atoms with Gasteiger partial charge >= 0.3 is 0 Å². The summed E-state index contributed by atoms with van der Waals surface area (Å²) in [7, 11) is 0. The average molecular weight is 329 g/mol. The van der Waals surface area contributed by atoms with Gasteiger partial charge in [-0.2, -0.15) is 0 Å². The Bertz CT molecular complexity index is 1010. The Morgan fingerprint density at radius 2 is 1.76 bits per heavy atom. The third-order valence-corrected chi connectivity index (χ3v) is 4.20. The molecule has 4 rings (SSSR count). The number of Topliss-reactive ketones (excluding diaryl/α,β-unsaturated/α-hetero) is 1. The van der Waals surface area contributed by atoms with Crippen molar-refractivity contribution in [3.63, 3.8) is 0 Å². The van der Waals surface area contributed by atoms with E-state index in [9.17, 15) is 9.59 Å². The molecule has 1 aromatic heterocycles. The summed E-state index contributed by atoms with van der Waals surface area (Å²) in [4.78, 5) is 23.5. The molecule has 4 nitrogen and oxygen atoms in total. The highest BCUT2D eigenvalue weighted by molar-refractivity contribution is 6.34. The molecule has 0 radical (unpaired) electrons. The summed E-state index contributed by atoms with van der Waals surface area (Å²) in [5.74, 6) is 1.19. The highest BCUT2D eigenvalue weighted by atomic mass is 16.3. The van der Waals surface area contributed by atoms with Gasteiger partial charge in [-0.1, -0.05) is 42.5 Å². The van der Waals surface area contributed by atoms with Crippen molar-refractivity contribution in [1.29, 1.82) is 0 Å². The Kier molecular flexibility index (Phi) is 3.58. The maximum Gasteiger partial charge on any atom is 0.256 e. The molecule has 2 aromatic carbocycles. The van der Waals surface area contributed by atoms with Crippen LogP contribution < -0.4 is 5.32 Å². The minimum absolute atomic E-state index is 0.0299. The number of hydrogen-bond donors (Lipinski definition) is 1. The molecule has 1 N–H and O–H groups in total. The van der Waals surface area contributed by atoms with Crippen molar-refractivity contribution in [3.8, 4) is 11.3 Å². The molecule has 1 aliphatic rings. The normalized spacial score (nSPS) is 14.4. The molecule has 0 aliphatic carbocycles. The summed E-state index contributed by atoms with van der Waals surface area (Å²) >= 11 is 0. The molecular formula is C21H15NO3. The van der Waals surface area contributed by atoms with Gasteiger partial charge in [0.25, 0.3) is 5.91 Å². The van der Waals surface area contributed by atoms with Gasteiger partial charge in [-0.25, -0.2) is 0 Å². The van der Waals surface area contributed by atoms with Crippen LogP contribution in [0, 0.1) is 0 Å². The van der Waals surface area contributed by atoms with Gasteiger partial charge in [0.15, 0.2) is 5.78 Å². The van der Waals surface area contributed by atoms with Crippen molar-refractivity contribution >= 4 is 29.0 Å². The Morgan fingerprint density at radius 3 is 2.52 bits per heavy atom. The summed E-state index contributed by atoms with van der Waals surface area (Å²) in [5, 5.41) is 2.84. The highest BCUT2D eigenvalue weighted by Crippen LogP contribution is 2.33. The molecule has 1 aliphatic heterocycles. The summed E-state index contributed by atoms with van der Waals surface area (Å²) < 4.78 is 5.85. The topological polar surface area (TPSA) is 59.3 Å². The minimum atomic E-state index is -0.134. The molecule has 0 spiro atoms. The van der Waals surface area contributed by atoms with E-state index < -0.39 is 0 Å². The standard InChI is InChI=1S/C21H15NO3/c1-13(23)14-6-8-15(9-7-14)20-11-10-16(25-20)12-18-17-4-2-3-5-19(17)22-21(18)24/h2-12H,1H3,(H,22,24)/b18-12-. The molecule has 4 heteroatoms. The lowest BCUT2D eigenvalue weighted by molar-refractivity contribution is -0.110. The van der Waals surface area contributed by atoms with Crippen LogP contribution in [-0.2, 0) is 4.79 Å². The molecule has 3 aromatic rings. The Morgan fingerprint density at radius 1 is 1.00 bits per heavy atom. The van der Waals surface area contributed by atoms with E-state index in [2.05, 4.69) is 5.32 Å². The van der Waals surface area contributed by atoms with E-state index >= 15 is 0 Å². The Hall–Kier alpha value is -3.40. The molecule has 0 atom stereocenters. The monoisotopic (exact) mass is 329 g/mol. The van der Waals surface area contributed by atoms with Gasteiger partial charge in [0.1, 0.15) is 11.5 Å². The van der Waals surface area contributed by atoms with E-state index in [1.54, 1.807) is 18.2 Å². The third-order valence-electron chi connectivity index (χ3n) is 4.20. The SMILES string of the molecule is CC(=O)c1ccc(-c2ccc(/C=C3\C(=O)Nc4ccccc43)o2)cc1. The largest absolute Gasteiger partial charge is 0.457 e. The lowest BCUT2D eigenvalue weighted by atomic mass is 10.1. The maximum atomic E-state index is 12.2. The first-order valence-corrected chi connectivity index (χ1v) is 7.95. The summed E-state index contributed by atoms with van der Waals surface area (Å²) in [5.41, 5.74) is 3.81. The van der Waals surface area contributed by atoms with Crippen LogP contribution in [0.5, 0.6) is 0 Å².